The zero-order valence-electron chi connectivity index (χ0n) is 12.7. The molecule has 0 unspecified atom stereocenters. The third-order valence-corrected chi connectivity index (χ3v) is 3.45. The molecule has 0 aromatic heterocycles. The van der Waals surface area contributed by atoms with E-state index in [1.54, 1.807) is 43.3 Å². The highest BCUT2D eigenvalue weighted by molar-refractivity contribution is 6.01. The van der Waals surface area contributed by atoms with Crippen LogP contribution in [0.5, 0.6) is 5.75 Å². The second-order valence-corrected chi connectivity index (χ2v) is 5.01. The predicted molar refractivity (Wildman–Crippen MR) is 85.6 cm³/mol. The summed E-state index contributed by atoms with van der Waals surface area (Å²) < 4.78 is 5.36. The largest absolute Gasteiger partial charge is 0.494 e. The number of benzene rings is 2. The third kappa shape index (κ3) is 3.26. The van der Waals surface area contributed by atoms with Gasteiger partial charge in [0, 0.05) is 5.69 Å². The Hall–Kier alpha value is -2.80. The zero-order valence-corrected chi connectivity index (χ0v) is 12.7. The van der Waals surface area contributed by atoms with E-state index >= 15 is 0 Å². The van der Waals surface area contributed by atoms with Crippen LogP contribution in [0.3, 0.4) is 0 Å². The predicted octanol–water partition coefficient (Wildman–Crippen LogP) is 3.51. The SMILES string of the molecule is CCOc1ccc(NC(=O)[C@](C)(C#N)c2ccccc2)cc1. The molecule has 1 amide bonds. The molecule has 0 aliphatic heterocycles. The van der Waals surface area contributed by atoms with Crippen molar-refractivity contribution in [2.45, 2.75) is 19.3 Å². The fourth-order valence-electron chi connectivity index (χ4n) is 2.08. The van der Waals surface area contributed by atoms with Crippen LogP contribution in [-0.2, 0) is 10.2 Å². The second kappa shape index (κ2) is 6.77. The molecule has 0 aliphatic carbocycles. The topological polar surface area (TPSA) is 62.1 Å². The highest BCUT2D eigenvalue weighted by Crippen LogP contribution is 2.25. The maximum Gasteiger partial charge on any atom is 0.249 e. The first-order chi connectivity index (χ1) is 10.6. The van der Waals surface area contributed by atoms with E-state index in [0.29, 0.717) is 17.9 Å². The number of rotatable bonds is 5. The van der Waals surface area contributed by atoms with E-state index in [0.717, 1.165) is 5.75 Å². The number of amides is 1. The van der Waals surface area contributed by atoms with E-state index in [2.05, 4.69) is 11.4 Å². The van der Waals surface area contributed by atoms with Gasteiger partial charge in [-0.3, -0.25) is 4.79 Å². The van der Waals surface area contributed by atoms with E-state index in [1.807, 2.05) is 25.1 Å². The van der Waals surface area contributed by atoms with Gasteiger partial charge in [0.25, 0.3) is 0 Å². The number of carbonyl (C=O) groups excluding carboxylic acids is 1. The molecule has 0 saturated heterocycles. The lowest BCUT2D eigenvalue weighted by molar-refractivity contribution is -0.119. The number of hydrogen-bond donors (Lipinski definition) is 1. The van der Waals surface area contributed by atoms with Crippen molar-refractivity contribution < 1.29 is 9.53 Å². The maximum absolute atomic E-state index is 12.5. The van der Waals surface area contributed by atoms with Crippen molar-refractivity contribution in [3.8, 4) is 11.8 Å². The summed E-state index contributed by atoms with van der Waals surface area (Å²) in [5, 5.41) is 12.3. The van der Waals surface area contributed by atoms with E-state index in [9.17, 15) is 10.1 Å². The van der Waals surface area contributed by atoms with Crippen LogP contribution in [-0.4, -0.2) is 12.5 Å². The zero-order chi connectivity index (χ0) is 16.0. The molecule has 2 rings (SSSR count). The molecule has 1 atom stereocenters. The molecular formula is C18H18N2O2. The molecule has 0 radical (unpaired) electrons. The van der Waals surface area contributed by atoms with Gasteiger partial charge >= 0.3 is 0 Å². The van der Waals surface area contributed by atoms with Crippen LogP contribution in [0.1, 0.15) is 19.4 Å². The summed E-state index contributed by atoms with van der Waals surface area (Å²) in [4.78, 5) is 12.5. The van der Waals surface area contributed by atoms with Crippen molar-refractivity contribution >= 4 is 11.6 Å². The number of anilines is 1. The lowest BCUT2D eigenvalue weighted by atomic mass is 9.83. The van der Waals surface area contributed by atoms with Crippen molar-refractivity contribution in [2.24, 2.45) is 0 Å². The van der Waals surface area contributed by atoms with Crippen LogP contribution in [0, 0.1) is 11.3 Å². The minimum Gasteiger partial charge on any atom is -0.494 e. The van der Waals surface area contributed by atoms with Crippen LogP contribution < -0.4 is 10.1 Å². The Morgan fingerprint density at radius 2 is 1.82 bits per heavy atom. The Balaban J connectivity index is 2.18. The fraction of sp³-hybridized carbons (Fsp3) is 0.222. The van der Waals surface area contributed by atoms with Crippen molar-refractivity contribution in [1.82, 2.24) is 0 Å². The van der Waals surface area contributed by atoms with E-state index in [-0.39, 0.29) is 5.91 Å². The minimum absolute atomic E-state index is 0.356. The van der Waals surface area contributed by atoms with Gasteiger partial charge in [0.2, 0.25) is 5.91 Å². The molecule has 1 N–H and O–H groups in total. The average Bonchev–Trinajstić information content (AvgIpc) is 2.57. The minimum atomic E-state index is -1.24. The molecule has 0 aliphatic rings. The smallest absolute Gasteiger partial charge is 0.249 e. The summed E-state index contributed by atoms with van der Waals surface area (Å²) in [6.07, 6.45) is 0. The van der Waals surface area contributed by atoms with Gasteiger partial charge in [-0.1, -0.05) is 30.3 Å². The second-order valence-electron chi connectivity index (χ2n) is 5.01. The Kier molecular flexibility index (Phi) is 4.80. The Bertz CT molecular complexity index is 674. The van der Waals surface area contributed by atoms with Crippen molar-refractivity contribution in [3.05, 3.63) is 60.2 Å². The van der Waals surface area contributed by atoms with Crippen molar-refractivity contribution in [3.63, 3.8) is 0 Å². The molecule has 0 heterocycles. The molecule has 22 heavy (non-hydrogen) atoms. The molecule has 4 heteroatoms. The summed E-state index contributed by atoms with van der Waals surface area (Å²) >= 11 is 0. The molecule has 2 aromatic rings. The highest BCUT2D eigenvalue weighted by atomic mass is 16.5. The van der Waals surface area contributed by atoms with Gasteiger partial charge in [0.05, 0.1) is 12.7 Å². The number of nitrogens with one attached hydrogen (secondary N) is 1. The highest BCUT2D eigenvalue weighted by Gasteiger charge is 2.35. The number of nitrogens with zero attached hydrogens (tertiary/aromatic N) is 1. The van der Waals surface area contributed by atoms with E-state index in [1.165, 1.54) is 0 Å². The Morgan fingerprint density at radius 3 is 2.36 bits per heavy atom. The fourth-order valence-corrected chi connectivity index (χ4v) is 2.08. The maximum atomic E-state index is 12.5. The van der Waals surface area contributed by atoms with Gasteiger partial charge in [-0.05, 0) is 43.7 Å². The Labute approximate surface area is 130 Å². The molecule has 0 fully saturated rings. The quantitative estimate of drug-likeness (QED) is 0.918. The van der Waals surface area contributed by atoms with Gasteiger partial charge in [-0.2, -0.15) is 5.26 Å². The lowest BCUT2D eigenvalue weighted by Gasteiger charge is -2.21. The summed E-state index contributed by atoms with van der Waals surface area (Å²) in [6.45, 7) is 4.12. The lowest BCUT2D eigenvalue weighted by Crippen LogP contribution is -2.36. The van der Waals surface area contributed by atoms with Crippen LogP contribution in [0.15, 0.2) is 54.6 Å². The van der Waals surface area contributed by atoms with E-state index in [4.69, 9.17) is 4.74 Å². The molecule has 0 spiro atoms. The van der Waals surface area contributed by atoms with Crippen molar-refractivity contribution in [1.29, 1.82) is 5.26 Å². The van der Waals surface area contributed by atoms with Crippen LogP contribution in [0.2, 0.25) is 0 Å². The van der Waals surface area contributed by atoms with Crippen LogP contribution in [0.4, 0.5) is 5.69 Å². The Morgan fingerprint density at radius 1 is 1.18 bits per heavy atom. The van der Waals surface area contributed by atoms with Gasteiger partial charge in [0.15, 0.2) is 5.41 Å². The summed E-state index contributed by atoms with van der Waals surface area (Å²) in [5.74, 6) is 0.386. The van der Waals surface area contributed by atoms with Gasteiger partial charge in [-0.15, -0.1) is 0 Å². The standard InChI is InChI=1S/C18H18N2O2/c1-3-22-16-11-9-15(10-12-16)20-17(21)18(2,13-19)14-7-5-4-6-8-14/h4-12H,3H2,1-2H3,(H,20,21)/t18-/m1/s1. The van der Waals surface area contributed by atoms with Gasteiger partial charge in [-0.25, -0.2) is 0 Å². The first-order valence-electron chi connectivity index (χ1n) is 7.11. The number of hydrogen-bond acceptors (Lipinski definition) is 3. The molecule has 0 saturated carbocycles. The monoisotopic (exact) mass is 294 g/mol. The molecule has 0 bridgehead atoms. The van der Waals surface area contributed by atoms with Gasteiger partial charge < -0.3 is 10.1 Å². The number of nitriles is 1. The normalized spacial score (nSPS) is 12.8. The molecule has 2 aromatic carbocycles. The molecular weight excluding hydrogens is 276 g/mol. The first kappa shape index (κ1) is 15.6. The number of ether oxygens (including phenoxy) is 1. The van der Waals surface area contributed by atoms with Crippen LogP contribution >= 0.6 is 0 Å². The van der Waals surface area contributed by atoms with Crippen molar-refractivity contribution in [2.75, 3.05) is 11.9 Å². The first-order valence-corrected chi connectivity index (χ1v) is 7.11. The number of carbonyl (C=O) groups is 1. The summed E-state index contributed by atoms with van der Waals surface area (Å²) in [5.41, 5.74) is 0.0617. The summed E-state index contributed by atoms with van der Waals surface area (Å²) in [7, 11) is 0. The van der Waals surface area contributed by atoms with E-state index < -0.39 is 5.41 Å². The molecule has 4 nitrogen and oxygen atoms in total. The van der Waals surface area contributed by atoms with Gasteiger partial charge in [0.1, 0.15) is 5.75 Å². The molecule has 112 valence electrons. The summed E-state index contributed by atoms with van der Waals surface area (Å²) in [6, 6.07) is 18.2. The third-order valence-electron chi connectivity index (χ3n) is 3.45. The van der Waals surface area contributed by atoms with Crippen LogP contribution in [0.25, 0.3) is 0 Å². The average molecular weight is 294 g/mol.